The number of rotatable bonds is 3. The molecule has 2 heterocycles. The molecule has 3 N–H and O–H groups in total. The lowest BCUT2D eigenvalue weighted by molar-refractivity contribution is 0.661. The maximum Gasteiger partial charge on any atom is 0.152 e. The van der Waals surface area contributed by atoms with Gasteiger partial charge in [0.15, 0.2) is 5.82 Å². The number of pyridine rings is 1. The van der Waals surface area contributed by atoms with Crippen molar-refractivity contribution in [2.45, 2.75) is 20.4 Å². The second-order valence-corrected chi connectivity index (χ2v) is 4.69. The van der Waals surface area contributed by atoms with Gasteiger partial charge in [-0.05, 0) is 31.4 Å². The van der Waals surface area contributed by atoms with Crippen LogP contribution in [0.2, 0.25) is 0 Å². The van der Waals surface area contributed by atoms with Gasteiger partial charge in [-0.1, -0.05) is 12.1 Å². The summed E-state index contributed by atoms with van der Waals surface area (Å²) in [5.74, 6) is 0.835. The van der Waals surface area contributed by atoms with Gasteiger partial charge in [-0.3, -0.25) is 4.98 Å². The SMILES string of the molecule is CCn1nc(C)c(N)c1Nc1cccc2ccncc12. The van der Waals surface area contributed by atoms with E-state index in [1.165, 1.54) is 0 Å². The average molecular weight is 267 g/mol. The van der Waals surface area contributed by atoms with Gasteiger partial charge in [0.25, 0.3) is 0 Å². The average Bonchev–Trinajstić information content (AvgIpc) is 2.75. The summed E-state index contributed by atoms with van der Waals surface area (Å²) in [6.45, 7) is 4.72. The van der Waals surface area contributed by atoms with Crippen LogP contribution in [-0.2, 0) is 6.54 Å². The number of nitrogens with zero attached hydrogens (tertiary/aromatic N) is 3. The Morgan fingerprint density at radius 1 is 1.30 bits per heavy atom. The molecule has 3 rings (SSSR count). The summed E-state index contributed by atoms with van der Waals surface area (Å²) in [5.41, 5.74) is 8.62. The fraction of sp³-hybridized carbons (Fsp3) is 0.200. The molecule has 1 aromatic carbocycles. The largest absolute Gasteiger partial charge is 0.394 e. The fourth-order valence-corrected chi connectivity index (χ4v) is 2.31. The van der Waals surface area contributed by atoms with Crippen LogP contribution in [0.3, 0.4) is 0 Å². The first-order valence-electron chi connectivity index (χ1n) is 6.63. The number of fused-ring (bicyclic) bond motifs is 1. The van der Waals surface area contributed by atoms with Gasteiger partial charge in [0, 0.05) is 30.0 Å². The van der Waals surface area contributed by atoms with Crippen LogP contribution in [0.1, 0.15) is 12.6 Å². The van der Waals surface area contributed by atoms with Crippen LogP contribution in [0, 0.1) is 6.92 Å². The second kappa shape index (κ2) is 4.85. The molecule has 0 aliphatic rings. The third kappa shape index (κ3) is 1.97. The third-order valence-electron chi connectivity index (χ3n) is 3.41. The lowest BCUT2D eigenvalue weighted by atomic mass is 10.1. The number of hydrogen-bond donors (Lipinski definition) is 2. The lowest BCUT2D eigenvalue weighted by Gasteiger charge is -2.11. The number of aryl methyl sites for hydroxylation is 2. The predicted octanol–water partition coefficient (Wildman–Crippen LogP) is 3.09. The molecule has 0 radical (unpaired) electrons. The quantitative estimate of drug-likeness (QED) is 0.765. The molecule has 0 saturated carbocycles. The Balaban J connectivity index is 2.10. The number of benzene rings is 1. The molecule has 20 heavy (non-hydrogen) atoms. The van der Waals surface area contributed by atoms with Crippen LogP contribution < -0.4 is 11.1 Å². The highest BCUT2D eigenvalue weighted by Gasteiger charge is 2.12. The second-order valence-electron chi connectivity index (χ2n) is 4.69. The normalized spacial score (nSPS) is 10.9. The van der Waals surface area contributed by atoms with Crippen molar-refractivity contribution in [3.05, 3.63) is 42.4 Å². The van der Waals surface area contributed by atoms with Gasteiger partial charge in [0.1, 0.15) is 0 Å². The third-order valence-corrected chi connectivity index (χ3v) is 3.41. The highest BCUT2D eigenvalue weighted by molar-refractivity contribution is 5.95. The van der Waals surface area contributed by atoms with E-state index in [4.69, 9.17) is 5.73 Å². The molecule has 0 fully saturated rings. The predicted molar refractivity (Wildman–Crippen MR) is 82.1 cm³/mol. The number of aromatic nitrogens is 3. The van der Waals surface area contributed by atoms with Crippen molar-refractivity contribution in [2.24, 2.45) is 0 Å². The molecule has 0 aliphatic heterocycles. The zero-order valence-corrected chi connectivity index (χ0v) is 11.6. The number of nitrogens with one attached hydrogen (secondary N) is 1. The first kappa shape index (κ1) is 12.5. The highest BCUT2D eigenvalue weighted by Crippen LogP contribution is 2.30. The van der Waals surface area contributed by atoms with Gasteiger partial charge in [0.2, 0.25) is 0 Å². The topological polar surface area (TPSA) is 68.8 Å². The van der Waals surface area contributed by atoms with E-state index in [1.54, 1.807) is 6.20 Å². The number of nitrogen functional groups attached to an aromatic ring is 1. The van der Waals surface area contributed by atoms with E-state index in [0.29, 0.717) is 5.69 Å². The van der Waals surface area contributed by atoms with E-state index in [9.17, 15) is 0 Å². The van der Waals surface area contributed by atoms with Crippen molar-refractivity contribution >= 4 is 28.0 Å². The minimum Gasteiger partial charge on any atom is -0.394 e. The molecule has 5 heteroatoms. The van der Waals surface area contributed by atoms with Crippen molar-refractivity contribution in [3.63, 3.8) is 0 Å². The fourth-order valence-electron chi connectivity index (χ4n) is 2.31. The Morgan fingerprint density at radius 3 is 2.95 bits per heavy atom. The Labute approximate surface area is 117 Å². The maximum absolute atomic E-state index is 6.11. The van der Waals surface area contributed by atoms with Gasteiger partial charge < -0.3 is 11.1 Å². The Morgan fingerprint density at radius 2 is 2.15 bits per heavy atom. The molecule has 0 unspecified atom stereocenters. The Kier molecular flexibility index (Phi) is 3.02. The van der Waals surface area contributed by atoms with Crippen LogP contribution in [0.5, 0.6) is 0 Å². The van der Waals surface area contributed by atoms with Crippen LogP contribution in [0.4, 0.5) is 17.2 Å². The van der Waals surface area contributed by atoms with E-state index < -0.39 is 0 Å². The molecular formula is C15H17N5. The van der Waals surface area contributed by atoms with Crippen molar-refractivity contribution < 1.29 is 0 Å². The van der Waals surface area contributed by atoms with E-state index in [2.05, 4.69) is 21.5 Å². The summed E-state index contributed by atoms with van der Waals surface area (Å²) in [5, 5.41) is 10.0. The molecule has 5 nitrogen and oxygen atoms in total. The first-order chi connectivity index (χ1) is 9.70. The summed E-state index contributed by atoms with van der Waals surface area (Å²) < 4.78 is 1.87. The summed E-state index contributed by atoms with van der Waals surface area (Å²) in [7, 11) is 0. The summed E-state index contributed by atoms with van der Waals surface area (Å²) in [6.07, 6.45) is 3.65. The van der Waals surface area contributed by atoms with Gasteiger partial charge >= 0.3 is 0 Å². The zero-order chi connectivity index (χ0) is 14.1. The molecule has 102 valence electrons. The van der Waals surface area contributed by atoms with Gasteiger partial charge in [-0.15, -0.1) is 0 Å². The minimum atomic E-state index is 0.688. The Hall–Kier alpha value is -2.56. The van der Waals surface area contributed by atoms with Crippen LogP contribution in [0.15, 0.2) is 36.7 Å². The van der Waals surface area contributed by atoms with Crippen molar-refractivity contribution in [1.29, 1.82) is 0 Å². The smallest absolute Gasteiger partial charge is 0.152 e. The monoisotopic (exact) mass is 267 g/mol. The van der Waals surface area contributed by atoms with Crippen LogP contribution in [0.25, 0.3) is 10.8 Å². The lowest BCUT2D eigenvalue weighted by Crippen LogP contribution is -2.04. The van der Waals surface area contributed by atoms with Gasteiger partial charge in [0.05, 0.1) is 11.4 Å². The number of hydrogen-bond acceptors (Lipinski definition) is 4. The van der Waals surface area contributed by atoms with Gasteiger partial charge in [-0.2, -0.15) is 5.10 Å². The van der Waals surface area contributed by atoms with Crippen LogP contribution in [-0.4, -0.2) is 14.8 Å². The molecule has 0 saturated heterocycles. The van der Waals surface area contributed by atoms with Crippen molar-refractivity contribution in [1.82, 2.24) is 14.8 Å². The van der Waals surface area contributed by atoms with E-state index >= 15 is 0 Å². The molecule has 0 amide bonds. The first-order valence-corrected chi connectivity index (χ1v) is 6.63. The van der Waals surface area contributed by atoms with E-state index in [1.807, 2.05) is 42.9 Å². The molecule has 0 atom stereocenters. The molecule has 0 aliphatic carbocycles. The van der Waals surface area contributed by atoms with E-state index in [0.717, 1.165) is 34.5 Å². The molecule has 3 aromatic rings. The molecule has 0 bridgehead atoms. The number of anilines is 3. The Bertz CT molecular complexity index is 755. The maximum atomic E-state index is 6.11. The minimum absolute atomic E-state index is 0.688. The highest BCUT2D eigenvalue weighted by atomic mass is 15.3. The van der Waals surface area contributed by atoms with Gasteiger partial charge in [-0.25, -0.2) is 4.68 Å². The number of nitrogens with two attached hydrogens (primary N) is 1. The zero-order valence-electron chi connectivity index (χ0n) is 11.6. The van der Waals surface area contributed by atoms with Crippen molar-refractivity contribution in [2.75, 3.05) is 11.1 Å². The van der Waals surface area contributed by atoms with Crippen molar-refractivity contribution in [3.8, 4) is 0 Å². The standard InChI is InChI=1S/C15H17N5/c1-3-20-15(14(16)10(2)19-20)18-13-6-4-5-11-7-8-17-9-12(11)13/h4-9,18H,3,16H2,1-2H3. The molecular weight excluding hydrogens is 250 g/mol. The molecule has 2 aromatic heterocycles. The summed E-state index contributed by atoms with van der Waals surface area (Å²) >= 11 is 0. The van der Waals surface area contributed by atoms with E-state index in [-0.39, 0.29) is 0 Å². The summed E-state index contributed by atoms with van der Waals surface area (Å²) in [6, 6.07) is 8.09. The molecule has 0 spiro atoms. The van der Waals surface area contributed by atoms with Crippen LogP contribution >= 0.6 is 0 Å². The summed E-state index contributed by atoms with van der Waals surface area (Å²) in [4.78, 5) is 4.19.